The molecule has 0 fully saturated rings. The van der Waals surface area contributed by atoms with E-state index in [1.807, 2.05) is 0 Å². The average molecular weight is 369 g/mol. The maximum absolute atomic E-state index is 12.2. The Kier molecular flexibility index (Phi) is 4.56. The van der Waals surface area contributed by atoms with Crippen molar-refractivity contribution in [2.45, 2.75) is 0 Å². The molecule has 8 heteroatoms. The van der Waals surface area contributed by atoms with Crippen LogP contribution >= 0.6 is 35.4 Å². The second-order valence-corrected chi connectivity index (χ2v) is 5.92. The molecule has 2 aromatic carbocycles. The topological polar surface area (TPSA) is 59.6 Å². The Hall–Kier alpha value is -2.02. The lowest BCUT2D eigenvalue weighted by Crippen LogP contribution is -2.34. The van der Waals surface area contributed by atoms with Crippen molar-refractivity contribution in [1.29, 1.82) is 0 Å². The molecule has 0 aliphatic carbocycles. The second-order valence-electron chi connectivity index (χ2n) is 4.63. The van der Waals surface area contributed by atoms with Crippen LogP contribution < -0.4 is 20.1 Å². The van der Waals surface area contributed by atoms with Gasteiger partial charge in [0.05, 0.1) is 0 Å². The van der Waals surface area contributed by atoms with E-state index in [1.165, 1.54) is 0 Å². The molecule has 0 bridgehead atoms. The highest BCUT2D eigenvalue weighted by atomic mass is 35.5. The maximum Gasteiger partial charge on any atom is 0.257 e. The van der Waals surface area contributed by atoms with Crippen LogP contribution in [0.15, 0.2) is 36.4 Å². The summed E-state index contributed by atoms with van der Waals surface area (Å²) in [7, 11) is 0. The van der Waals surface area contributed by atoms with Gasteiger partial charge in [0.1, 0.15) is 0 Å². The third kappa shape index (κ3) is 3.85. The smallest absolute Gasteiger partial charge is 0.257 e. The fraction of sp³-hybridized carbons (Fsp3) is 0.0667. The zero-order chi connectivity index (χ0) is 16.4. The average Bonchev–Trinajstić information content (AvgIpc) is 2.93. The Morgan fingerprint density at radius 2 is 1.74 bits per heavy atom. The van der Waals surface area contributed by atoms with E-state index in [1.54, 1.807) is 36.4 Å². The highest BCUT2D eigenvalue weighted by Crippen LogP contribution is 2.32. The summed E-state index contributed by atoms with van der Waals surface area (Å²) in [6, 6.07) is 9.78. The van der Waals surface area contributed by atoms with Gasteiger partial charge in [0, 0.05) is 21.3 Å². The number of hydrogen-bond acceptors (Lipinski definition) is 4. The highest BCUT2D eigenvalue weighted by molar-refractivity contribution is 7.80. The second kappa shape index (κ2) is 6.62. The number of carbonyl (C=O) groups excluding carboxylic acids is 1. The van der Waals surface area contributed by atoms with Crippen LogP contribution in [0.1, 0.15) is 10.4 Å². The van der Waals surface area contributed by atoms with Crippen LogP contribution in [0.25, 0.3) is 0 Å². The standard InChI is InChI=1S/C15H10Cl2N2O3S/c16-9-4-10(17)6-11(5-9)18-15(23)19-14(20)8-1-2-12-13(3-8)22-7-21-12/h1-6H,7H2,(H2,18,19,20,23). The van der Waals surface area contributed by atoms with Crippen molar-refractivity contribution in [1.82, 2.24) is 5.32 Å². The van der Waals surface area contributed by atoms with Crippen molar-refractivity contribution in [3.8, 4) is 11.5 Å². The van der Waals surface area contributed by atoms with E-state index in [9.17, 15) is 4.79 Å². The lowest BCUT2D eigenvalue weighted by atomic mass is 10.2. The van der Waals surface area contributed by atoms with Crippen LogP contribution in [0.3, 0.4) is 0 Å². The maximum atomic E-state index is 12.2. The van der Waals surface area contributed by atoms with Crippen LogP contribution in [-0.4, -0.2) is 17.8 Å². The van der Waals surface area contributed by atoms with Gasteiger partial charge < -0.3 is 14.8 Å². The van der Waals surface area contributed by atoms with Gasteiger partial charge in [0.25, 0.3) is 5.91 Å². The number of hydrogen-bond donors (Lipinski definition) is 2. The Balaban J connectivity index is 1.66. The monoisotopic (exact) mass is 368 g/mol. The van der Waals surface area contributed by atoms with Gasteiger partial charge in [-0.1, -0.05) is 23.2 Å². The number of halogens is 2. The molecule has 2 N–H and O–H groups in total. The summed E-state index contributed by atoms with van der Waals surface area (Å²) in [5.74, 6) is 0.767. The first kappa shape index (κ1) is 15.9. The number of ether oxygens (including phenoxy) is 2. The number of amides is 1. The van der Waals surface area contributed by atoms with Crippen molar-refractivity contribution < 1.29 is 14.3 Å². The molecular weight excluding hydrogens is 359 g/mol. The number of thiocarbonyl (C=S) groups is 1. The minimum Gasteiger partial charge on any atom is -0.454 e. The van der Waals surface area contributed by atoms with E-state index in [4.69, 9.17) is 44.9 Å². The van der Waals surface area contributed by atoms with Crippen molar-refractivity contribution in [2.75, 3.05) is 12.1 Å². The number of anilines is 1. The van der Waals surface area contributed by atoms with Crippen LogP contribution in [0.5, 0.6) is 11.5 Å². The summed E-state index contributed by atoms with van der Waals surface area (Å²) in [5, 5.41) is 6.48. The summed E-state index contributed by atoms with van der Waals surface area (Å²) in [4.78, 5) is 12.2. The molecule has 0 spiro atoms. The van der Waals surface area contributed by atoms with Crippen LogP contribution in [0, 0.1) is 0 Å². The molecule has 3 rings (SSSR count). The van der Waals surface area contributed by atoms with E-state index in [-0.39, 0.29) is 17.8 Å². The van der Waals surface area contributed by atoms with Gasteiger partial charge in [0.15, 0.2) is 16.6 Å². The molecule has 0 saturated heterocycles. The van der Waals surface area contributed by atoms with Gasteiger partial charge in [-0.2, -0.15) is 0 Å². The molecule has 118 valence electrons. The molecular formula is C15H10Cl2N2O3S. The van der Waals surface area contributed by atoms with Crippen LogP contribution in [0.4, 0.5) is 5.69 Å². The fourth-order valence-electron chi connectivity index (χ4n) is 2.00. The molecule has 1 aliphatic heterocycles. The Morgan fingerprint density at radius 1 is 1.04 bits per heavy atom. The van der Waals surface area contributed by atoms with Crippen molar-refractivity contribution >= 4 is 52.1 Å². The number of benzene rings is 2. The quantitative estimate of drug-likeness (QED) is 0.788. The number of nitrogens with one attached hydrogen (secondary N) is 2. The van der Waals surface area contributed by atoms with Gasteiger partial charge in [-0.05, 0) is 48.6 Å². The first-order chi connectivity index (χ1) is 11.0. The fourth-order valence-corrected chi connectivity index (χ4v) is 2.74. The van der Waals surface area contributed by atoms with Gasteiger partial charge in [-0.25, -0.2) is 0 Å². The van der Waals surface area contributed by atoms with Crippen LogP contribution in [0.2, 0.25) is 10.0 Å². The number of carbonyl (C=O) groups is 1. The van der Waals surface area contributed by atoms with Crippen LogP contribution in [-0.2, 0) is 0 Å². The molecule has 2 aromatic rings. The normalized spacial score (nSPS) is 11.9. The molecule has 0 saturated carbocycles. The predicted octanol–water partition coefficient (Wildman–Crippen LogP) is 3.85. The molecule has 1 aliphatic rings. The number of rotatable bonds is 2. The molecule has 5 nitrogen and oxygen atoms in total. The summed E-state index contributed by atoms with van der Waals surface area (Å²) < 4.78 is 10.4. The predicted molar refractivity (Wildman–Crippen MR) is 92.7 cm³/mol. The van der Waals surface area contributed by atoms with Gasteiger partial charge in [-0.15, -0.1) is 0 Å². The molecule has 0 atom stereocenters. The van der Waals surface area contributed by atoms with Crippen molar-refractivity contribution in [3.05, 3.63) is 52.0 Å². The van der Waals surface area contributed by atoms with E-state index in [0.29, 0.717) is 32.8 Å². The SMILES string of the molecule is O=C(NC(=S)Nc1cc(Cl)cc(Cl)c1)c1ccc2c(c1)OCO2. The summed E-state index contributed by atoms with van der Waals surface area (Å²) in [5.41, 5.74) is 0.987. The first-order valence-electron chi connectivity index (χ1n) is 6.49. The zero-order valence-electron chi connectivity index (χ0n) is 11.6. The summed E-state index contributed by atoms with van der Waals surface area (Å²) >= 11 is 16.9. The summed E-state index contributed by atoms with van der Waals surface area (Å²) in [6.07, 6.45) is 0. The van der Waals surface area contributed by atoms with Crippen molar-refractivity contribution in [3.63, 3.8) is 0 Å². The molecule has 0 aromatic heterocycles. The lowest BCUT2D eigenvalue weighted by molar-refractivity contribution is 0.0977. The van der Waals surface area contributed by atoms with Gasteiger partial charge in [-0.3, -0.25) is 10.1 Å². The van der Waals surface area contributed by atoms with Gasteiger partial charge in [0.2, 0.25) is 6.79 Å². The third-order valence-electron chi connectivity index (χ3n) is 2.98. The molecule has 23 heavy (non-hydrogen) atoms. The molecule has 1 amide bonds. The third-order valence-corrected chi connectivity index (χ3v) is 3.62. The lowest BCUT2D eigenvalue weighted by Gasteiger charge is -2.10. The Bertz CT molecular complexity index is 778. The Morgan fingerprint density at radius 3 is 2.48 bits per heavy atom. The first-order valence-corrected chi connectivity index (χ1v) is 7.66. The van der Waals surface area contributed by atoms with E-state index in [2.05, 4.69) is 10.6 Å². The minimum absolute atomic E-state index is 0.131. The molecule has 0 unspecified atom stereocenters. The van der Waals surface area contributed by atoms with E-state index >= 15 is 0 Å². The largest absolute Gasteiger partial charge is 0.454 e. The highest BCUT2D eigenvalue weighted by Gasteiger charge is 2.16. The van der Waals surface area contributed by atoms with E-state index in [0.717, 1.165) is 0 Å². The Labute approximate surface area is 147 Å². The van der Waals surface area contributed by atoms with E-state index < -0.39 is 0 Å². The number of fused-ring (bicyclic) bond motifs is 1. The van der Waals surface area contributed by atoms with Crippen molar-refractivity contribution in [2.24, 2.45) is 0 Å². The molecule has 1 heterocycles. The van der Waals surface area contributed by atoms with Gasteiger partial charge >= 0.3 is 0 Å². The summed E-state index contributed by atoms with van der Waals surface area (Å²) in [6.45, 7) is 0.149. The molecule has 0 radical (unpaired) electrons. The minimum atomic E-state index is -0.367. The zero-order valence-corrected chi connectivity index (χ0v) is 13.9.